The SMILES string of the molecule is CCc1ccc(OC(=S)N(C)C)c(C(=O)OC)c1. The number of carbonyl (C=O) groups excluding carboxylic acids is 1. The van der Waals surface area contributed by atoms with E-state index in [1.165, 1.54) is 7.11 Å². The molecule has 0 aliphatic rings. The second-order valence-electron chi connectivity index (χ2n) is 3.94. The summed E-state index contributed by atoms with van der Waals surface area (Å²) in [6.45, 7) is 2.02. The van der Waals surface area contributed by atoms with Crippen molar-refractivity contribution in [2.24, 2.45) is 0 Å². The topological polar surface area (TPSA) is 38.8 Å². The van der Waals surface area contributed by atoms with E-state index < -0.39 is 5.97 Å². The Morgan fingerprint density at radius 1 is 1.39 bits per heavy atom. The molecule has 0 fully saturated rings. The fourth-order valence-electron chi connectivity index (χ4n) is 1.34. The van der Waals surface area contributed by atoms with E-state index in [0.29, 0.717) is 16.5 Å². The lowest BCUT2D eigenvalue weighted by molar-refractivity contribution is 0.0598. The largest absolute Gasteiger partial charge is 0.465 e. The Labute approximate surface area is 112 Å². The number of thiocarbonyl (C=S) groups is 1. The minimum absolute atomic E-state index is 0.296. The van der Waals surface area contributed by atoms with Crippen LogP contribution >= 0.6 is 12.2 Å². The third-order valence-electron chi connectivity index (χ3n) is 2.42. The van der Waals surface area contributed by atoms with Gasteiger partial charge in [-0.05, 0) is 36.3 Å². The summed E-state index contributed by atoms with van der Waals surface area (Å²) in [5.41, 5.74) is 1.43. The van der Waals surface area contributed by atoms with Crippen LogP contribution < -0.4 is 4.74 Å². The fourth-order valence-corrected chi connectivity index (χ4v) is 1.43. The normalized spacial score (nSPS) is 9.78. The molecule has 1 aromatic carbocycles. The molecule has 0 spiro atoms. The lowest BCUT2D eigenvalue weighted by Gasteiger charge is -2.16. The molecule has 0 aliphatic heterocycles. The Balaban J connectivity index is 3.10. The van der Waals surface area contributed by atoms with Crippen molar-refractivity contribution in [2.75, 3.05) is 21.2 Å². The maximum Gasteiger partial charge on any atom is 0.341 e. The number of hydrogen-bond donors (Lipinski definition) is 0. The van der Waals surface area contributed by atoms with Crippen molar-refractivity contribution in [3.05, 3.63) is 29.3 Å². The molecule has 0 bridgehead atoms. The number of carbonyl (C=O) groups is 1. The lowest BCUT2D eigenvalue weighted by Crippen LogP contribution is -2.25. The second kappa shape index (κ2) is 6.35. The van der Waals surface area contributed by atoms with Crippen molar-refractivity contribution in [2.45, 2.75) is 13.3 Å². The molecule has 0 aliphatic carbocycles. The van der Waals surface area contributed by atoms with E-state index >= 15 is 0 Å². The zero-order chi connectivity index (χ0) is 13.7. The maximum absolute atomic E-state index is 11.7. The average molecular weight is 267 g/mol. The Bertz CT molecular complexity index is 458. The van der Waals surface area contributed by atoms with Crippen LogP contribution in [0, 0.1) is 0 Å². The third-order valence-corrected chi connectivity index (χ3v) is 2.87. The van der Waals surface area contributed by atoms with Gasteiger partial charge in [0.25, 0.3) is 5.17 Å². The first-order valence-electron chi connectivity index (χ1n) is 5.60. The summed E-state index contributed by atoms with van der Waals surface area (Å²) in [6, 6.07) is 5.40. The van der Waals surface area contributed by atoms with Crippen LogP contribution in [0.15, 0.2) is 18.2 Å². The molecular weight excluding hydrogens is 250 g/mol. The number of nitrogens with zero attached hydrogens (tertiary/aromatic N) is 1. The van der Waals surface area contributed by atoms with Crippen LogP contribution in [0.25, 0.3) is 0 Å². The summed E-state index contributed by atoms with van der Waals surface area (Å²) in [4.78, 5) is 13.4. The first kappa shape index (κ1) is 14.4. The van der Waals surface area contributed by atoms with Crippen molar-refractivity contribution in [1.82, 2.24) is 4.90 Å². The molecule has 4 nitrogen and oxygen atoms in total. The molecule has 0 saturated carbocycles. The zero-order valence-electron chi connectivity index (χ0n) is 11.0. The molecule has 98 valence electrons. The van der Waals surface area contributed by atoms with Gasteiger partial charge in [0.05, 0.1) is 7.11 Å². The molecule has 0 aromatic heterocycles. The summed E-state index contributed by atoms with van der Waals surface area (Å²) in [5.74, 6) is -0.0143. The molecule has 1 aromatic rings. The van der Waals surface area contributed by atoms with Gasteiger partial charge in [0.15, 0.2) is 0 Å². The van der Waals surface area contributed by atoms with Crippen LogP contribution in [-0.2, 0) is 11.2 Å². The number of benzene rings is 1. The molecule has 1 rings (SSSR count). The molecule has 0 amide bonds. The van der Waals surface area contributed by atoms with E-state index in [1.54, 1.807) is 31.1 Å². The van der Waals surface area contributed by atoms with Crippen molar-refractivity contribution in [1.29, 1.82) is 0 Å². The molecule has 0 atom stereocenters. The first-order chi connectivity index (χ1) is 8.49. The van der Waals surface area contributed by atoms with E-state index in [1.807, 2.05) is 13.0 Å². The fraction of sp³-hybridized carbons (Fsp3) is 0.385. The van der Waals surface area contributed by atoms with E-state index in [9.17, 15) is 4.79 Å². The number of methoxy groups -OCH3 is 1. The Kier molecular flexibility index (Phi) is 5.09. The predicted octanol–water partition coefficient (Wildman–Crippen LogP) is 2.26. The standard InChI is InChI=1S/C13H17NO3S/c1-5-9-6-7-11(17-13(18)14(2)3)10(8-9)12(15)16-4/h6-8H,5H2,1-4H3. The molecule has 0 heterocycles. The van der Waals surface area contributed by atoms with Crippen molar-refractivity contribution in [3.8, 4) is 5.75 Å². The molecule has 0 saturated heterocycles. The highest BCUT2D eigenvalue weighted by Gasteiger charge is 2.15. The van der Waals surface area contributed by atoms with Gasteiger partial charge >= 0.3 is 5.97 Å². The van der Waals surface area contributed by atoms with Gasteiger partial charge in [0, 0.05) is 14.1 Å². The van der Waals surface area contributed by atoms with Gasteiger partial charge in [-0.3, -0.25) is 0 Å². The summed E-state index contributed by atoms with van der Waals surface area (Å²) in [6.07, 6.45) is 0.836. The molecule has 5 heteroatoms. The monoisotopic (exact) mass is 267 g/mol. The van der Waals surface area contributed by atoms with Crippen LogP contribution in [0.5, 0.6) is 5.75 Å². The second-order valence-corrected chi connectivity index (χ2v) is 4.29. The third kappa shape index (κ3) is 3.43. The van der Waals surface area contributed by atoms with Gasteiger partial charge in [-0.15, -0.1) is 0 Å². The molecular formula is C13H17NO3S. The van der Waals surface area contributed by atoms with Crippen LogP contribution in [0.3, 0.4) is 0 Å². The van der Waals surface area contributed by atoms with Crippen molar-refractivity contribution in [3.63, 3.8) is 0 Å². The Hall–Kier alpha value is -1.62. The number of hydrogen-bond acceptors (Lipinski definition) is 4. The Morgan fingerprint density at radius 2 is 2.06 bits per heavy atom. The average Bonchev–Trinajstić information content (AvgIpc) is 2.38. The van der Waals surface area contributed by atoms with Crippen molar-refractivity contribution < 1.29 is 14.3 Å². The number of esters is 1. The van der Waals surface area contributed by atoms with Gasteiger partial charge in [0.2, 0.25) is 0 Å². The van der Waals surface area contributed by atoms with Gasteiger partial charge < -0.3 is 14.4 Å². The van der Waals surface area contributed by atoms with Crippen LogP contribution in [-0.4, -0.2) is 37.2 Å². The smallest absolute Gasteiger partial charge is 0.341 e. The van der Waals surface area contributed by atoms with Crippen LogP contribution in [0.1, 0.15) is 22.8 Å². The van der Waals surface area contributed by atoms with Crippen LogP contribution in [0.4, 0.5) is 0 Å². The summed E-state index contributed by atoms with van der Waals surface area (Å²) < 4.78 is 10.2. The highest BCUT2D eigenvalue weighted by molar-refractivity contribution is 7.80. The maximum atomic E-state index is 11.7. The molecule has 0 radical (unpaired) electrons. The van der Waals surface area contributed by atoms with E-state index in [0.717, 1.165) is 12.0 Å². The minimum atomic E-state index is -0.429. The van der Waals surface area contributed by atoms with Gasteiger partial charge in [-0.1, -0.05) is 13.0 Å². The highest BCUT2D eigenvalue weighted by Crippen LogP contribution is 2.22. The summed E-state index contributed by atoms with van der Waals surface area (Å²) in [5, 5.41) is 0.296. The zero-order valence-corrected chi connectivity index (χ0v) is 11.8. The number of ether oxygens (including phenoxy) is 2. The lowest BCUT2D eigenvalue weighted by atomic mass is 10.1. The Morgan fingerprint density at radius 3 is 2.56 bits per heavy atom. The van der Waals surface area contributed by atoms with Gasteiger partial charge in [-0.2, -0.15) is 0 Å². The van der Waals surface area contributed by atoms with Crippen LogP contribution in [0.2, 0.25) is 0 Å². The van der Waals surface area contributed by atoms with E-state index in [2.05, 4.69) is 0 Å². The summed E-state index contributed by atoms with van der Waals surface area (Å²) >= 11 is 5.06. The van der Waals surface area contributed by atoms with Crippen molar-refractivity contribution >= 4 is 23.4 Å². The highest BCUT2D eigenvalue weighted by atomic mass is 32.1. The van der Waals surface area contributed by atoms with Gasteiger partial charge in [-0.25, -0.2) is 4.79 Å². The number of rotatable bonds is 3. The van der Waals surface area contributed by atoms with E-state index in [-0.39, 0.29) is 0 Å². The van der Waals surface area contributed by atoms with Gasteiger partial charge in [0.1, 0.15) is 11.3 Å². The van der Waals surface area contributed by atoms with E-state index in [4.69, 9.17) is 21.7 Å². The number of aryl methyl sites for hydroxylation is 1. The summed E-state index contributed by atoms with van der Waals surface area (Å²) in [7, 11) is 4.90. The molecule has 0 unspecified atom stereocenters. The first-order valence-corrected chi connectivity index (χ1v) is 6.00. The molecule has 18 heavy (non-hydrogen) atoms. The quantitative estimate of drug-likeness (QED) is 0.620. The predicted molar refractivity (Wildman–Crippen MR) is 74.1 cm³/mol. The minimum Gasteiger partial charge on any atom is -0.465 e. The molecule has 0 N–H and O–H groups in total.